The van der Waals surface area contributed by atoms with Crippen molar-refractivity contribution in [1.82, 2.24) is 20.2 Å². The highest BCUT2D eigenvalue weighted by Gasteiger charge is 2.17. The van der Waals surface area contributed by atoms with Gasteiger partial charge in [0.2, 0.25) is 0 Å². The van der Waals surface area contributed by atoms with E-state index in [0.29, 0.717) is 24.2 Å². The Bertz CT molecular complexity index is 1310. The Kier molecular flexibility index (Phi) is 9.31. The zero-order valence-electron chi connectivity index (χ0n) is 20.8. The third-order valence-corrected chi connectivity index (χ3v) is 6.09. The lowest BCUT2D eigenvalue weighted by atomic mass is 10.2. The highest BCUT2D eigenvalue weighted by Crippen LogP contribution is 2.28. The Balaban J connectivity index is 1.43. The second-order valence-corrected chi connectivity index (χ2v) is 8.88. The molecule has 0 unspecified atom stereocenters. The molecule has 0 saturated carbocycles. The molecule has 0 saturated heterocycles. The number of benzene rings is 3. The van der Waals surface area contributed by atoms with Gasteiger partial charge < -0.3 is 9.47 Å². The fraction of sp³-hybridized carbons (Fsp3) is 0.214. The molecular formula is C28H29N5O3S. The van der Waals surface area contributed by atoms with Crippen molar-refractivity contribution in [3.05, 3.63) is 84.4 Å². The van der Waals surface area contributed by atoms with Crippen LogP contribution in [-0.4, -0.2) is 45.9 Å². The summed E-state index contributed by atoms with van der Waals surface area (Å²) >= 11 is 1.29. The lowest BCUT2D eigenvalue weighted by Crippen LogP contribution is -2.20. The monoisotopic (exact) mass is 515 g/mol. The van der Waals surface area contributed by atoms with Gasteiger partial charge in [0, 0.05) is 11.3 Å². The summed E-state index contributed by atoms with van der Waals surface area (Å²) in [5.74, 6) is 2.18. The highest BCUT2D eigenvalue weighted by atomic mass is 32.2. The van der Waals surface area contributed by atoms with Crippen LogP contribution in [0.4, 0.5) is 0 Å². The molecule has 1 aromatic heterocycles. The average molecular weight is 516 g/mol. The smallest absolute Gasteiger partial charge is 0.250 e. The number of thioether (sulfide) groups is 1. The molecule has 1 heterocycles. The summed E-state index contributed by atoms with van der Waals surface area (Å²) < 4.78 is 13.1. The summed E-state index contributed by atoms with van der Waals surface area (Å²) in [6, 6.07) is 25.1. The molecular weight excluding hydrogens is 486 g/mol. The molecule has 0 aliphatic carbocycles. The molecule has 8 nitrogen and oxygen atoms in total. The van der Waals surface area contributed by atoms with Crippen LogP contribution in [0.25, 0.3) is 17.1 Å². The number of hydrazone groups is 1. The van der Waals surface area contributed by atoms with E-state index in [-0.39, 0.29) is 11.7 Å². The molecule has 37 heavy (non-hydrogen) atoms. The molecule has 0 fully saturated rings. The molecule has 0 bridgehead atoms. The molecule has 4 aromatic rings. The molecule has 0 spiro atoms. The second-order valence-electron chi connectivity index (χ2n) is 7.93. The van der Waals surface area contributed by atoms with E-state index >= 15 is 0 Å². The van der Waals surface area contributed by atoms with Crippen LogP contribution in [-0.2, 0) is 4.79 Å². The Morgan fingerprint density at radius 3 is 2.35 bits per heavy atom. The Hall–Kier alpha value is -4.11. The molecule has 3 aromatic carbocycles. The number of hydrogen-bond donors (Lipinski definition) is 1. The lowest BCUT2D eigenvalue weighted by molar-refractivity contribution is -0.118. The van der Waals surface area contributed by atoms with Gasteiger partial charge in [0.05, 0.1) is 25.2 Å². The molecule has 4 rings (SSSR count). The maximum Gasteiger partial charge on any atom is 0.250 e. The van der Waals surface area contributed by atoms with Gasteiger partial charge >= 0.3 is 0 Å². The number of hydrogen-bond acceptors (Lipinski definition) is 7. The molecule has 0 radical (unpaired) electrons. The van der Waals surface area contributed by atoms with Gasteiger partial charge in [0.25, 0.3) is 5.91 Å². The van der Waals surface area contributed by atoms with Gasteiger partial charge in [-0.1, -0.05) is 49.0 Å². The van der Waals surface area contributed by atoms with E-state index in [1.165, 1.54) is 11.8 Å². The minimum atomic E-state index is -0.244. The Morgan fingerprint density at radius 2 is 1.65 bits per heavy atom. The van der Waals surface area contributed by atoms with Gasteiger partial charge in [0.15, 0.2) is 11.0 Å². The summed E-state index contributed by atoms with van der Waals surface area (Å²) in [4.78, 5) is 12.5. The minimum absolute atomic E-state index is 0.130. The van der Waals surface area contributed by atoms with Gasteiger partial charge in [-0.15, -0.1) is 10.2 Å². The van der Waals surface area contributed by atoms with Crippen molar-refractivity contribution < 1.29 is 14.3 Å². The largest absolute Gasteiger partial charge is 0.494 e. The van der Waals surface area contributed by atoms with E-state index in [2.05, 4.69) is 27.6 Å². The van der Waals surface area contributed by atoms with Crippen LogP contribution < -0.4 is 14.9 Å². The van der Waals surface area contributed by atoms with E-state index in [4.69, 9.17) is 9.47 Å². The number of carbonyl (C=O) groups is 1. The molecule has 1 amide bonds. The van der Waals surface area contributed by atoms with Gasteiger partial charge in [-0.25, -0.2) is 5.43 Å². The van der Waals surface area contributed by atoms with Crippen molar-refractivity contribution in [3.8, 4) is 28.6 Å². The lowest BCUT2D eigenvalue weighted by Gasteiger charge is -2.11. The van der Waals surface area contributed by atoms with Crippen molar-refractivity contribution in [3.63, 3.8) is 0 Å². The first-order valence-corrected chi connectivity index (χ1v) is 13.1. The molecule has 0 atom stereocenters. The summed E-state index contributed by atoms with van der Waals surface area (Å²) in [5, 5.41) is 13.5. The van der Waals surface area contributed by atoms with Gasteiger partial charge in [0.1, 0.15) is 11.5 Å². The highest BCUT2D eigenvalue weighted by molar-refractivity contribution is 7.99. The molecule has 0 aliphatic heterocycles. The van der Waals surface area contributed by atoms with Gasteiger partial charge in [-0.3, -0.25) is 9.36 Å². The van der Waals surface area contributed by atoms with E-state index in [0.717, 1.165) is 34.7 Å². The Labute approximate surface area is 220 Å². The summed E-state index contributed by atoms with van der Waals surface area (Å²) in [5.41, 5.74) is 5.24. The molecule has 1 N–H and O–H groups in total. The summed E-state index contributed by atoms with van der Waals surface area (Å²) in [6.45, 7) is 5.29. The molecule has 190 valence electrons. The van der Waals surface area contributed by atoms with Crippen LogP contribution in [0.3, 0.4) is 0 Å². The van der Waals surface area contributed by atoms with E-state index in [1.54, 1.807) is 6.21 Å². The van der Waals surface area contributed by atoms with E-state index in [1.807, 2.05) is 90.4 Å². The zero-order valence-corrected chi connectivity index (χ0v) is 21.6. The number of ether oxygens (including phenoxy) is 2. The number of nitrogens with one attached hydrogen (secondary N) is 1. The number of nitrogens with zero attached hydrogens (tertiary/aromatic N) is 4. The van der Waals surface area contributed by atoms with Crippen molar-refractivity contribution in [2.24, 2.45) is 5.10 Å². The van der Waals surface area contributed by atoms with Crippen molar-refractivity contribution >= 4 is 23.9 Å². The van der Waals surface area contributed by atoms with E-state index < -0.39 is 0 Å². The van der Waals surface area contributed by atoms with Crippen LogP contribution >= 0.6 is 11.8 Å². The fourth-order valence-corrected chi connectivity index (χ4v) is 4.18. The van der Waals surface area contributed by atoms with Crippen molar-refractivity contribution in [2.45, 2.75) is 25.4 Å². The SMILES string of the molecule is CCCOc1ccc(/C=N\NC(=O)CSc2nnc(-c3ccccc3)n2-c2ccc(OCC)cc2)cc1. The molecule has 0 aliphatic rings. The van der Waals surface area contributed by atoms with Crippen LogP contribution in [0, 0.1) is 0 Å². The topological polar surface area (TPSA) is 90.6 Å². The maximum absolute atomic E-state index is 12.5. The maximum atomic E-state index is 12.5. The average Bonchev–Trinajstić information content (AvgIpc) is 3.36. The first-order chi connectivity index (χ1) is 18.2. The Morgan fingerprint density at radius 1 is 0.946 bits per heavy atom. The summed E-state index contributed by atoms with van der Waals surface area (Å²) in [7, 11) is 0. The van der Waals surface area contributed by atoms with E-state index in [9.17, 15) is 4.79 Å². The van der Waals surface area contributed by atoms with Crippen LogP contribution in [0.2, 0.25) is 0 Å². The van der Waals surface area contributed by atoms with Gasteiger partial charge in [-0.2, -0.15) is 5.10 Å². The fourth-order valence-electron chi connectivity index (χ4n) is 3.44. The summed E-state index contributed by atoms with van der Waals surface area (Å²) in [6.07, 6.45) is 2.55. The second kappa shape index (κ2) is 13.3. The third-order valence-electron chi connectivity index (χ3n) is 5.16. The molecule has 9 heteroatoms. The van der Waals surface area contributed by atoms with Crippen molar-refractivity contribution in [2.75, 3.05) is 19.0 Å². The number of carbonyl (C=O) groups excluding carboxylic acids is 1. The van der Waals surface area contributed by atoms with Crippen molar-refractivity contribution in [1.29, 1.82) is 0 Å². The number of amides is 1. The third kappa shape index (κ3) is 7.20. The standard InChI is InChI=1S/C28H29N5O3S/c1-3-18-36-25-14-10-21(11-15-25)19-29-30-26(34)20-37-28-32-31-27(22-8-6-5-7-9-22)33(28)23-12-16-24(17-13-23)35-4-2/h5-17,19H,3-4,18,20H2,1-2H3,(H,30,34)/b29-19-. The first-order valence-electron chi connectivity index (χ1n) is 12.1. The number of rotatable bonds is 12. The van der Waals surface area contributed by atoms with Crippen LogP contribution in [0.15, 0.2) is 89.1 Å². The predicted molar refractivity (Wildman–Crippen MR) is 147 cm³/mol. The first kappa shape index (κ1) is 26.0. The quantitative estimate of drug-likeness (QED) is 0.155. The predicted octanol–water partition coefficient (Wildman–Crippen LogP) is 5.36. The van der Waals surface area contributed by atoms with Crippen LogP contribution in [0.5, 0.6) is 11.5 Å². The normalized spacial score (nSPS) is 11.0. The number of aromatic nitrogens is 3. The zero-order chi connectivity index (χ0) is 25.9. The minimum Gasteiger partial charge on any atom is -0.494 e. The van der Waals surface area contributed by atoms with Gasteiger partial charge in [-0.05, 0) is 67.4 Å². The van der Waals surface area contributed by atoms with Crippen LogP contribution in [0.1, 0.15) is 25.8 Å².